The highest BCUT2D eigenvalue weighted by Crippen LogP contribution is 2.47. The molecule has 18 heavy (non-hydrogen) atoms. The average Bonchev–Trinajstić information content (AvgIpc) is 3.20. The van der Waals surface area contributed by atoms with Gasteiger partial charge in [0, 0.05) is 0 Å². The van der Waals surface area contributed by atoms with Crippen LogP contribution in [0, 0.1) is 5.41 Å². The molecule has 4 nitrogen and oxygen atoms in total. The van der Waals surface area contributed by atoms with Gasteiger partial charge in [0.2, 0.25) is 0 Å². The number of esters is 1. The third-order valence-corrected chi connectivity index (χ3v) is 3.20. The molecular weight excluding hydrogens is 232 g/mol. The van der Waals surface area contributed by atoms with Gasteiger partial charge in [0.05, 0.1) is 13.7 Å². The summed E-state index contributed by atoms with van der Waals surface area (Å²) in [6.07, 6.45) is 1.15. The third-order valence-electron chi connectivity index (χ3n) is 3.20. The van der Waals surface area contributed by atoms with E-state index in [1.54, 1.807) is 0 Å². The number of rotatable bonds is 6. The number of ether oxygens (including phenoxy) is 2. The van der Waals surface area contributed by atoms with Crippen LogP contribution in [0.1, 0.15) is 18.4 Å². The maximum atomic E-state index is 11.9. The van der Waals surface area contributed by atoms with Crippen molar-refractivity contribution in [3.05, 3.63) is 35.9 Å². The van der Waals surface area contributed by atoms with Crippen LogP contribution in [0.15, 0.2) is 30.3 Å². The van der Waals surface area contributed by atoms with E-state index in [1.807, 2.05) is 30.3 Å². The van der Waals surface area contributed by atoms with E-state index < -0.39 is 11.4 Å². The van der Waals surface area contributed by atoms with Crippen LogP contribution in [0.25, 0.3) is 0 Å². The van der Waals surface area contributed by atoms with Crippen LogP contribution in [0.2, 0.25) is 0 Å². The summed E-state index contributed by atoms with van der Waals surface area (Å²) in [6.45, 7) is 0.341. The topological polar surface area (TPSA) is 52.6 Å². The van der Waals surface area contributed by atoms with E-state index in [0.29, 0.717) is 19.4 Å². The lowest BCUT2D eigenvalue weighted by atomic mass is 10.0. The van der Waals surface area contributed by atoms with Gasteiger partial charge in [-0.1, -0.05) is 30.3 Å². The number of ketones is 1. The van der Waals surface area contributed by atoms with Crippen molar-refractivity contribution in [2.75, 3.05) is 13.7 Å². The lowest BCUT2D eigenvalue weighted by molar-refractivity contribution is -0.152. The maximum Gasteiger partial charge on any atom is 0.319 e. The molecule has 0 unspecified atom stereocenters. The molecule has 96 valence electrons. The Morgan fingerprint density at radius 1 is 1.22 bits per heavy atom. The van der Waals surface area contributed by atoms with Crippen molar-refractivity contribution < 1.29 is 19.1 Å². The standard InChI is InChI=1S/C14H16O4/c1-17-13(16)14(7-8-14)12(15)10-18-9-11-5-3-2-4-6-11/h2-6H,7-10H2,1H3. The zero-order valence-electron chi connectivity index (χ0n) is 10.3. The number of hydrogen-bond donors (Lipinski definition) is 0. The fourth-order valence-electron chi connectivity index (χ4n) is 1.89. The highest BCUT2D eigenvalue weighted by atomic mass is 16.5. The zero-order valence-corrected chi connectivity index (χ0v) is 10.3. The van der Waals surface area contributed by atoms with Crippen LogP contribution < -0.4 is 0 Å². The molecule has 0 aromatic heterocycles. The summed E-state index contributed by atoms with van der Waals surface area (Å²) in [5.41, 5.74) is 0.0963. The van der Waals surface area contributed by atoms with E-state index in [9.17, 15) is 9.59 Å². The molecule has 0 spiro atoms. The van der Waals surface area contributed by atoms with E-state index in [4.69, 9.17) is 4.74 Å². The van der Waals surface area contributed by atoms with E-state index in [1.165, 1.54) is 7.11 Å². The van der Waals surface area contributed by atoms with Crippen LogP contribution in [-0.2, 0) is 25.7 Å². The molecule has 1 fully saturated rings. The summed E-state index contributed by atoms with van der Waals surface area (Å²) in [5, 5.41) is 0. The lowest BCUT2D eigenvalue weighted by Gasteiger charge is -2.11. The molecule has 0 heterocycles. The minimum absolute atomic E-state index is 0.0377. The van der Waals surface area contributed by atoms with Gasteiger partial charge in [-0.2, -0.15) is 0 Å². The van der Waals surface area contributed by atoms with Crippen molar-refractivity contribution in [2.24, 2.45) is 5.41 Å². The molecule has 4 heteroatoms. The SMILES string of the molecule is COC(=O)C1(C(=O)COCc2ccccc2)CC1. The van der Waals surface area contributed by atoms with Crippen LogP contribution in [0.5, 0.6) is 0 Å². The van der Waals surface area contributed by atoms with Crippen molar-refractivity contribution in [3.8, 4) is 0 Å². The Hall–Kier alpha value is -1.68. The van der Waals surface area contributed by atoms with Crippen LogP contribution in [-0.4, -0.2) is 25.5 Å². The quantitative estimate of drug-likeness (QED) is 0.568. The lowest BCUT2D eigenvalue weighted by Crippen LogP contribution is -2.30. The minimum Gasteiger partial charge on any atom is -0.468 e. The summed E-state index contributed by atoms with van der Waals surface area (Å²) in [5.74, 6) is -0.610. The molecule has 1 saturated carbocycles. The molecule has 0 aliphatic heterocycles. The Morgan fingerprint density at radius 2 is 1.89 bits per heavy atom. The normalized spacial score (nSPS) is 16.1. The van der Waals surface area contributed by atoms with Crippen molar-refractivity contribution in [3.63, 3.8) is 0 Å². The minimum atomic E-state index is -0.911. The molecule has 0 saturated heterocycles. The second kappa shape index (κ2) is 5.31. The van der Waals surface area contributed by atoms with Crippen molar-refractivity contribution in [1.29, 1.82) is 0 Å². The van der Waals surface area contributed by atoms with Gasteiger partial charge in [-0.15, -0.1) is 0 Å². The number of carbonyl (C=O) groups is 2. The molecule has 0 amide bonds. The Balaban J connectivity index is 1.81. The van der Waals surface area contributed by atoms with Gasteiger partial charge in [0.25, 0.3) is 0 Å². The first-order valence-electron chi connectivity index (χ1n) is 5.92. The number of hydrogen-bond acceptors (Lipinski definition) is 4. The molecule has 1 aromatic carbocycles. The number of Topliss-reactive ketones (excluding diaryl/α,β-unsaturated/α-hetero) is 1. The van der Waals surface area contributed by atoms with Crippen molar-refractivity contribution in [2.45, 2.75) is 19.4 Å². The molecule has 0 atom stereocenters. The van der Waals surface area contributed by atoms with Crippen LogP contribution >= 0.6 is 0 Å². The Kier molecular flexibility index (Phi) is 3.77. The molecule has 0 radical (unpaired) electrons. The number of carbonyl (C=O) groups excluding carboxylic acids is 2. The second-order valence-electron chi connectivity index (χ2n) is 4.48. The molecule has 1 aliphatic carbocycles. The second-order valence-corrected chi connectivity index (χ2v) is 4.48. The smallest absolute Gasteiger partial charge is 0.319 e. The molecular formula is C14H16O4. The van der Waals surface area contributed by atoms with Crippen LogP contribution in [0.3, 0.4) is 0 Å². The largest absolute Gasteiger partial charge is 0.468 e. The predicted molar refractivity (Wildman–Crippen MR) is 64.8 cm³/mol. The van der Waals surface area contributed by atoms with Crippen LogP contribution in [0.4, 0.5) is 0 Å². The van der Waals surface area contributed by atoms with Gasteiger partial charge in [-0.3, -0.25) is 9.59 Å². The fourth-order valence-corrected chi connectivity index (χ4v) is 1.89. The first-order chi connectivity index (χ1) is 8.69. The summed E-state index contributed by atoms with van der Waals surface area (Å²) in [7, 11) is 1.31. The monoisotopic (exact) mass is 248 g/mol. The zero-order chi connectivity index (χ0) is 13.0. The third kappa shape index (κ3) is 2.59. The van der Waals surface area contributed by atoms with Gasteiger partial charge >= 0.3 is 5.97 Å². The van der Waals surface area contributed by atoms with Crippen molar-refractivity contribution in [1.82, 2.24) is 0 Å². The Bertz CT molecular complexity index is 434. The Labute approximate surface area is 106 Å². The highest BCUT2D eigenvalue weighted by molar-refractivity contribution is 6.07. The van der Waals surface area contributed by atoms with E-state index >= 15 is 0 Å². The molecule has 0 bridgehead atoms. The molecule has 1 aromatic rings. The number of benzene rings is 1. The number of methoxy groups -OCH3 is 1. The summed E-state index contributed by atoms with van der Waals surface area (Å²) < 4.78 is 9.99. The first kappa shape index (κ1) is 12.8. The summed E-state index contributed by atoms with van der Waals surface area (Å²) in [4.78, 5) is 23.4. The van der Waals surface area contributed by atoms with Gasteiger partial charge in [0.1, 0.15) is 12.0 Å². The summed E-state index contributed by atoms with van der Waals surface area (Å²) in [6, 6.07) is 9.61. The van der Waals surface area contributed by atoms with Gasteiger partial charge in [-0.05, 0) is 18.4 Å². The Morgan fingerprint density at radius 3 is 2.44 bits per heavy atom. The maximum absolute atomic E-state index is 11.9. The van der Waals surface area contributed by atoms with E-state index in [-0.39, 0.29) is 12.4 Å². The average molecular weight is 248 g/mol. The summed E-state index contributed by atoms with van der Waals surface area (Å²) >= 11 is 0. The molecule has 1 aliphatic rings. The van der Waals surface area contributed by atoms with E-state index in [2.05, 4.69) is 4.74 Å². The predicted octanol–water partition coefficient (Wildman–Crippen LogP) is 1.73. The van der Waals surface area contributed by atoms with Gasteiger partial charge < -0.3 is 9.47 Å². The van der Waals surface area contributed by atoms with E-state index in [0.717, 1.165) is 5.56 Å². The molecule has 0 N–H and O–H groups in total. The fraction of sp³-hybridized carbons (Fsp3) is 0.429. The van der Waals surface area contributed by atoms with Gasteiger partial charge in [-0.25, -0.2) is 0 Å². The van der Waals surface area contributed by atoms with Gasteiger partial charge in [0.15, 0.2) is 5.78 Å². The van der Waals surface area contributed by atoms with Crippen molar-refractivity contribution >= 4 is 11.8 Å². The highest BCUT2D eigenvalue weighted by Gasteiger charge is 2.57. The molecule has 2 rings (SSSR count). The first-order valence-corrected chi connectivity index (χ1v) is 5.92.